The van der Waals surface area contributed by atoms with Crippen LogP contribution in [-0.4, -0.2) is 66.5 Å². The summed E-state index contributed by atoms with van der Waals surface area (Å²) < 4.78 is 0. The largest absolute Gasteiger partial charge is 0.354 e. The summed E-state index contributed by atoms with van der Waals surface area (Å²) in [5.41, 5.74) is 0. The van der Waals surface area contributed by atoms with Gasteiger partial charge in [-0.1, -0.05) is 25.3 Å². The number of pyridine rings is 1. The van der Waals surface area contributed by atoms with Crippen LogP contribution in [0, 0.1) is 11.8 Å². The molecule has 3 heterocycles. The summed E-state index contributed by atoms with van der Waals surface area (Å²) in [5.74, 6) is 2.52. The summed E-state index contributed by atoms with van der Waals surface area (Å²) in [4.78, 5) is 24.6. The molecule has 1 amide bonds. The monoisotopic (exact) mass is 370 g/mol. The van der Waals surface area contributed by atoms with Gasteiger partial charge in [0.15, 0.2) is 0 Å². The van der Waals surface area contributed by atoms with E-state index < -0.39 is 0 Å². The Kier molecular flexibility index (Phi) is 6.28. The predicted octanol–water partition coefficient (Wildman–Crippen LogP) is 3.02. The first-order valence-electron chi connectivity index (χ1n) is 11.0. The molecule has 3 aliphatic rings. The second kappa shape index (κ2) is 9.05. The van der Waals surface area contributed by atoms with Crippen molar-refractivity contribution in [3.05, 3.63) is 24.4 Å². The molecule has 0 N–H and O–H groups in total. The Hall–Kier alpha value is -1.62. The molecule has 148 valence electrons. The highest BCUT2D eigenvalue weighted by atomic mass is 16.2. The highest BCUT2D eigenvalue weighted by Crippen LogP contribution is 2.28. The van der Waals surface area contributed by atoms with Gasteiger partial charge in [-0.05, 0) is 43.7 Å². The quantitative estimate of drug-likeness (QED) is 0.817. The van der Waals surface area contributed by atoms with Crippen LogP contribution in [0.2, 0.25) is 0 Å². The average Bonchev–Trinajstić information content (AvgIpc) is 2.75. The lowest BCUT2D eigenvalue weighted by molar-refractivity contribution is -0.138. The first kappa shape index (κ1) is 18.7. The zero-order chi connectivity index (χ0) is 18.5. The van der Waals surface area contributed by atoms with Gasteiger partial charge < -0.3 is 9.80 Å². The van der Waals surface area contributed by atoms with Crippen molar-refractivity contribution >= 4 is 11.7 Å². The van der Waals surface area contributed by atoms with Crippen molar-refractivity contribution in [3.8, 4) is 0 Å². The van der Waals surface area contributed by atoms with Crippen LogP contribution in [0.15, 0.2) is 24.4 Å². The van der Waals surface area contributed by atoms with Crippen LogP contribution < -0.4 is 4.90 Å². The number of amides is 1. The van der Waals surface area contributed by atoms with E-state index in [1.54, 1.807) is 0 Å². The molecule has 5 heteroatoms. The Labute approximate surface area is 163 Å². The van der Waals surface area contributed by atoms with E-state index in [0.717, 1.165) is 64.5 Å². The summed E-state index contributed by atoms with van der Waals surface area (Å²) in [5, 5.41) is 0. The summed E-state index contributed by atoms with van der Waals surface area (Å²) >= 11 is 0. The van der Waals surface area contributed by atoms with Crippen LogP contribution in [0.25, 0.3) is 0 Å². The van der Waals surface area contributed by atoms with Crippen LogP contribution in [0.4, 0.5) is 5.82 Å². The summed E-state index contributed by atoms with van der Waals surface area (Å²) in [6.45, 7) is 7.41. The minimum absolute atomic E-state index is 0.319. The number of nitrogens with zero attached hydrogens (tertiary/aromatic N) is 4. The van der Waals surface area contributed by atoms with E-state index >= 15 is 0 Å². The number of aromatic nitrogens is 1. The van der Waals surface area contributed by atoms with E-state index in [-0.39, 0.29) is 0 Å². The molecular weight excluding hydrogens is 336 g/mol. The van der Waals surface area contributed by atoms with Crippen molar-refractivity contribution in [2.75, 3.05) is 50.7 Å². The number of hydrogen-bond donors (Lipinski definition) is 0. The molecule has 1 aromatic heterocycles. The SMILES string of the molecule is O=C(C1CCCCC1)N1CCCC(CN2CCN(c3ccccn3)CC2)C1. The fourth-order valence-electron chi connectivity index (χ4n) is 5.09. The molecule has 2 aliphatic heterocycles. The molecule has 0 spiro atoms. The third-order valence-corrected chi connectivity index (χ3v) is 6.65. The van der Waals surface area contributed by atoms with Gasteiger partial charge in [-0.3, -0.25) is 9.69 Å². The predicted molar refractivity (Wildman–Crippen MR) is 109 cm³/mol. The van der Waals surface area contributed by atoms with E-state index in [0.29, 0.717) is 17.7 Å². The third-order valence-electron chi connectivity index (χ3n) is 6.65. The number of hydrogen-bond acceptors (Lipinski definition) is 4. The number of carbonyl (C=O) groups excluding carboxylic acids is 1. The molecule has 1 aromatic rings. The van der Waals surface area contributed by atoms with Gasteiger partial charge in [-0.15, -0.1) is 0 Å². The average molecular weight is 371 g/mol. The Balaban J connectivity index is 1.24. The summed E-state index contributed by atoms with van der Waals surface area (Å²) in [6.07, 6.45) is 10.4. The van der Waals surface area contributed by atoms with Crippen molar-refractivity contribution < 1.29 is 4.79 Å². The molecule has 3 fully saturated rings. The molecule has 27 heavy (non-hydrogen) atoms. The van der Waals surface area contributed by atoms with Gasteiger partial charge >= 0.3 is 0 Å². The Morgan fingerprint density at radius 1 is 0.963 bits per heavy atom. The summed E-state index contributed by atoms with van der Waals surface area (Å²) in [7, 11) is 0. The molecule has 1 saturated carbocycles. The third kappa shape index (κ3) is 4.81. The topological polar surface area (TPSA) is 39.7 Å². The van der Waals surface area contributed by atoms with Crippen LogP contribution in [-0.2, 0) is 4.79 Å². The van der Waals surface area contributed by atoms with Gasteiger partial charge in [0.2, 0.25) is 5.91 Å². The lowest BCUT2D eigenvalue weighted by Crippen LogP contribution is -2.51. The minimum atomic E-state index is 0.319. The van der Waals surface area contributed by atoms with Gasteiger partial charge in [0.05, 0.1) is 0 Å². The van der Waals surface area contributed by atoms with Gasteiger partial charge in [0.1, 0.15) is 5.82 Å². The van der Waals surface area contributed by atoms with Crippen LogP contribution in [0.5, 0.6) is 0 Å². The van der Waals surface area contributed by atoms with Crippen molar-refractivity contribution in [1.29, 1.82) is 0 Å². The van der Waals surface area contributed by atoms with Gasteiger partial charge in [-0.25, -0.2) is 4.98 Å². The second-order valence-electron chi connectivity index (χ2n) is 8.60. The Morgan fingerprint density at radius 3 is 2.52 bits per heavy atom. The zero-order valence-electron chi connectivity index (χ0n) is 16.6. The van der Waals surface area contributed by atoms with Crippen molar-refractivity contribution in [2.45, 2.75) is 44.9 Å². The lowest BCUT2D eigenvalue weighted by Gasteiger charge is -2.40. The number of rotatable bonds is 4. The van der Waals surface area contributed by atoms with Gasteiger partial charge in [0, 0.05) is 57.9 Å². The normalized spacial score (nSPS) is 25.6. The molecule has 4 rings (SSSR count). The van der Waals surface area contributed by atoms with E-state index in [9.17, 15) is 4.79 Å². The fourth-order valence-corrected chi connectivity index (χ4v) is 5.09. The maximum atomic E-state index is 12.9. The van der Waals surface area contributed by atoms with Crippen molar-refractivity contribution in [3.63, 3.8) is 0 Å². The number of carbonyl (C=O) groups is 1. The number of likely N-dealkylation sites (tertiary alicyclic amines) is 1. The highest BCUT2D eigenvalue weighted by Gasteiger charge is 2.31. The molecule has 1 aliphatic carbocycles. The van der Waals surface area contributed by atoms with E-state index in [1.165, 1.54) is 32.1 Å². The van der Waals surface area contributed by atoms with Crippen molar-refractivity contribution in [2.24, 2.45) is 11.8 Å². The van der Waals surface area contributed by atoms with Gasteiger partial charge in [0.25, 0.3) is 0 Å². The van der Waals surface area contributed by atoms with Crippen LogP contribution in [0.1, 0.15) is 44.9 Å². The number of piperidine rings is 1. The molecule has 5 nitrogen and oxygen atoms in total. The smallest absolute Gasteiger partial charge is 0.225 e. The Morgan fingerprint density at radius 2 is 1.78 bits per heavy atom. The van der Waals surface area contributed by atoms with E-state index in [2.05, 4.69) is 31.8 Å². The molecule has 0 aromatic carbocycles. The fraction of sp³-hybridized carbons (Fsp3) is 0.727. The zero-order valence-corrected chi connectivity index (χ0v) is 16.6. The first-order chi connectivity index (χ1) is 13.3. The van der Waals surface area contributed by atoms with Crippen LogP contribution >= 0.6 is 0 Å². The molecule has 1 atom stereocenters. The Bertz CT molecular complexity index is 594. The molecule has 1 unspecified atom stereocenters. The molecule has 0 bridgehead atoms. The molecule has 0 radical (unpaired) electrons. The number of piperazine rings is 1. The van der Waals surface area contributed by atoms with E-state index in [1.807, 2.05) is 12.3 Å². The highest BCUT2D eigenvalue weighted by molar-refractivity contribution is 5.79. The summed E-state index contributed by atoms with van der Waals surface area (Å²) in [6, 6.07) is 6.14. The maximum Gasteiger partial charge on any atom is 0.225 e. The lowest BCUT2D eigenvalue weighted by atomic mass is 9.87. The molecule has 2 saturated heterocycles. The molecular formula is C22H34N4O. The van der Waals surface area contributed by atoms with Gasteiger partial charge in [-0.2, -0.15) is 0 Å². The van der Waals surface area contributed by atoms with Crippen LogP contribution in [0.3, 0.4) is 0 Å². The van der Waals surface area contributed by atoms with E-state index in [4.69, 9.17) is 0 Å². The first-order valence-corrected chi connectivity index (χ1v) is 11.0. The van der Waals surface area contributed by atoms with Crippen molar-refractivity contribution in [1.82, 2.24) is 14.8 Å². The number of anilines is 1. The maximum absolute atomic E-state index is 12.9. The second-order valence-corrected chi connectivity index (χ2v) is 8.60. The standard InChI is InChI=1S/C22H34N4O/c27-22(20-8-2-1-3-9-20)26-12-6-7-19(18-26)17-24-13-15-25(16-14-24)21-10-4-5-11-23-21/h4-5,10-11,19-20H,1-3,6-9,12-18H2. The minimum Gasteiger partial charge on any atom is -0.354 e.